The van der Waals surface area contributed by atoms with Crippen LogP contribution in [0.1, 0.15) is 40.0 Å². The number of carboxylic acid groups (broad SMARTS) is 1. The van der Waals surface area contributed by atoms with Crippen LogP contribution in [0.3, 0.4) is 0 Å². The molecule has 7 nitrogen and oxygen atoms in total. The van der Waals surface area contributed by atoms with Crippen LogP contribution in [0.2, 0.25) is 0 Å². The molecule has 0 saturated carbocycles. The Morgan fingerprint density at radius 1 is 1.20 bits per heavy atom. The maximum Gasteiger partial charge on any atom is 0.339 e. The molecule has 0 aliphatic rings. The standard InChI is InChI=1S/C18H21NO6/c1-3-15-14(18(21)22)11-16(25-15)17(20)19-9-4-10-24-13-7-5-12(23-2)6-8-13/h5-8,11H,3-4,9-10H2,1-2H3,(H,19,20)(H,21,22). The van der Waals surface area contributed by atoms with Crippen molar-refractivity contribution in [2.45, 2.75) is 19.8 Å². The van der Waals surface area contributed by atoms with E-state index >= 15 is 0 Å². The number of carbonyl (C=O) groups excluding carboxylic acids is 1. The number of furan rings is 1. The van der Waals surface area contributed by atoms with Gasteiger partial charge < -0.3 is 24.3 Å². The van der Waals surface area contributed by atoms with Crippen LogP contribution in [0.25, 0.3) is 0 Å². The summed E-state index contributed by atoms with van der Waals surface area (Å²) >= 11 is 0. The number of carbonyl (C=O) groups is 2. The van der Waals surface area contributed by atoms with Gasteiger partial charge in [-0.3, -0.25) is 4.79 Å². The Labute approximate surface area is 145 Å². The molecule has 0 bridgehead atoms. The topological polar surface area (TPSA) is 98.0 Å². The van der Waals surface area contributed by atoms with Crippen LogP contribution in [0.15, 0.2) is 34.7 Å². The normalized spacial score (nSPS) is 10.3. The second-order valence-electron chi connectivity index (χ2n) is 5.24. The number of amides is 1. The van der Waals surface area contributed by atoms with Gasteiger partial charge in [0.25, 0.3) is 5.91 Å². The van der Waals surface area contributed by atoms with Crippen LogP contribution in [-0.4, -0.2) is 37.2 Å². The molecule has 0 aliphatic heterocycles. The predicted octanol–water partition coefficient (Wildman–Crippen LogP) is 2.75. The first-order chi connectivity index (χ1) is 12.0. The van der Waals surface area contributed by atoms with E-state index in [2.05, 4.69) is 5.32 Å². The number of hydrogen-bond donors (Lipinski definition) is 2. The number of aromatic carboxylic acids is 1. The monoisotopic (exact) mass is 347 g/mol. The number of hydrogen-bond acceptors (Lipinski definition) is 5. The lowest BCUT2D eigenvalue weighted by Crippen LogP contribution is -2.25. The van der Waals surface area contributed by atoms with Crippen LogP contribution in [0.4, 0.5) is 0 Å². The fourth-order valence-electron chi connectivity index (χ4n) is 2.21. The molecule has 2 aromatic rings. The summed E-state index contributed by atoms with van der Waals surface area (Å²) in [6.45, 7) is 2.59. The van der Waals surface area contributed by atoms with Gasteiger partial charge in [-0.25, -0.2) is 4.79 Å². The van der Waals surface area contributed by atoms with Crippen LogP contribution in [0.5, 0.6) is 11.5 Å². The predicted molar refractivity (Wildman–Crippen MR) is 90.5 cm³/mol. The zero-order valence-corrected chi connectivity index (χ0v) is 14.2. The highest BCUT2D eigenvalue weighted by atomic mass is 16.5. The summed E-state index contributed by atoms with van der Waals surface area (Å²) in [5, 5.41) is 11.7. The van der Waals surface area contributed by atoms with Gasteiger partial charge in [0.05, 0.1) is 13.7 Å². The maximum absolute atomic E-state index is 12.0. The summed E-state index contributed by atoms with van der Waals surface area (Å²) in [6, 6.07) is 8.48. The second kappa shape index (κ2) is 8.77. The van der Waals surface area contributed by atoms with Crippen molar-refractivity contribution in [2.24, 2.45) is 0 Å². The smallest absolute Gasteiger partial charge is 0.339 e. The lowest BCUT2D eigenvalue weighted by Gasteiger charge is -2.07. The molecule has 0 atom stereocenters. The van der Waals surface area contributed by atoms with Crippen LogP contribution in [-0.2, 0) is 6.42 Å². The minimum Gasteiger partial charge on any atom is -0.497 e. The first-order valence-corrected chi connectivity index (χ1v) is 7.96. The Morgan fingerprint density at radius 2 is 1.88 bits per heavy atom. The molecule has 25 heavy (non-hydrogen) atoms. The molecule has 2 N–H and O–H groups in total. The van der Waals surface area contributed by atoms with E-state index < -0.39 is 11.9 Å². The van der Waals surface area contributed by atoms with Gasteiger partial charge in [0.1, 0.15) is 22.8 Å². The fraction of sp³-hybridized carbons (Fsp3) is 0.333. The number of carboxylic acids is 1. The molecular formula is C18H21NO6. The number of rotatable bonds is 9. The summed E-state index contributed by atoms with van der Waals surface area (Å²) in [5.74, 6) is 0.229. The van der Waals surface area contributed by atoms with Gasteiger partial charge in [-0.2, -0.15) is 0 Å². The molecule has 2 rings (SSSR count). The molecule has 7 heteroatoms. The Morgan fingerprint density at radius 3 is 2.44 bits per heavy atom. The van der Waals surface area contributed by atoms with Gasteiger partial charge in [0.15, 0.2) is 5.76 Å². The van der Waals surface area contributed by atoms with Gasteiger partial charge >= 0.3 is 5.97 Å². The number of methoxy groups -OCH3 is 1. The average molecular weight is 347 g/mol. The van der Waals surface area contributed by atoms with Crippen molar-refractivity contribution in [1.29, 1.82) is 0 Å². The number of nitrogens with one attached hydrogen (secondary N) is 1. The van der Waals surface area contributed by atoms with E-state index in [0.717, 1.165) is 11.5 Å². The quantitative estimate of drug-likeness (QED) is 0.677. The molecule has 0 radical (unpaired) electrons. The minimum atomic E-state index is -1.10. The van der Waals surface area contributed by atoms with Gasteiger partial charge in [0.2, 0.25) is 0 Å². The van der Waals surface area contributed by atoms with Crippen molar-refractivity contribution < 1.29 is 28.6 Å². The second-order valence-corrected chi connectivity index (χ2v) is 5.24. The van der Waals surface area contributed by atoms with E-state index in [1.54, 1.807) is 38.3 Å². The Bertz CT molecular complexity index is 720. The van der Waals surface area contributed by atoms with Crippen molar-refractivity contribution in [3.8, 4) is 11.5 Å². The zero-order valence-electron chi connectivity index (χ0n) is 14.2. The fourth-order valence-corrected chi connectivity index (χ4v) is 2.21. The number of ether oxygens (including phenoxy) is 2. The van der Waals surface area contributed by atoms with E-state index in [1.165, 1.54) is 6.07 Å². The van der Waals surface area contributed by atoms with Crippen molar-refractivity contribution in [3.63, 3.8) is 0 Å². The molecular weight excluding hydrogens is 326 g/mol. The van der Waals surface area contributed by atoms with Crippen molar-refractivity contribution in [3.05, 3.63) is 47.4 Å². The number of benzene rings is 1. The van der Waals surface area contributed by atoms with Crippen molar-refractivity contribution in [1.82, 2.24) is 5.32 Å². The summed E-state index contributed by atoms with van der Waals surface area (Å²) in [5.41, 5.74) is 0.0236. The highest BCUT2D eigenvalue weighted by Gasteiger charge is 2.19. The van der Waals surface area contributed by atoms with E-state index in [9.17, 15) is 9.59 Å². The lowest BCUT2D eigenvalue weighted by molar-refractivity contribution is 0.0694. The summed E-state index contributed by atoms with van der Waals surface area (Å²) in [4.78, 5) is 23.1. The maximum atomic E-state index is 12.0. The highest BCUT2D eigenvalue weighted by molar-refractivity contribution is 5.96. The SMILES string of the molecule is CCc1oc(C(=O)NCCCOc2ccc(OC)cc2)cc1C(=O)O. The van der Waals surface area contributed by atoms with Crippen LogP contribution < -0.4 is 14.8 Å². The van der Waals surface area contributed by atoms with Crippen LogP contribution >= 0.6 is 0 Å². The first-order valence-electron chi connectivity index (χ1n) is 7.96. The molecule has 0 aliphatic carbocycles. The van der Waals surface area contributed by atoms with E-state index in [4.69, 9.17) is 19.0 Å². The van der Waals surface area contributed by atoms with E-state index in [1.807, 2.05) is 0 Å². The van der Waals surface area contributed by atoms with Gasteiger partial charge in [-0.15, -0.1) is 0 Å². The van der Waals surface area contributed by atoms with Gasteiger partial charge in [0, 0.05) is 19.0 Å². The minimum absolute atomic E-state index is 0.00493. The third kappa shape index (κ3) is 5.00. The largest absolute Gasteiger partial charge is 0.497 e. The molecule has 0 spiro atoms. The Balaban J connectivity index is 1.75. The third-order valence-electron chi connectivity index (χ3n) is 3.52. The molecule has 0 saturated heterocycles. The zero-order chi connectivity index (χ0) is 18.2. The van der Waals surface area contributed by atoms with E-state index in [0.29, 0.717) is 31.8 Å². The molecule has 0 unspecified atom stereocenters. The Kier molecular flexibility index (Phi) is 6.45. The highest BCUT2D eigenvalue weighted by Crippen LogP contribution is 2.17. The molecule has 134 valence electrons. The van der Waals surface area contributed by atoms with E-state index in [-0.39, 0.29) is 11.3 Å². The summed E-state index contributed by atoms with van der Waals surface area (Å²) in [6.07, 6.45) is 1.01. The first kappa shape index (κ1) is 18.4. The lowest BCUT2D eigenvalue weighted by atomic mass is 10.2. The molecule has 0 fully saturated rings. The summed E-state index contributed by atoms with van der Waals surface area (Å²) < 4.78 is 15.9. The van der Waals surface area contributed by atoms with Gasteiger partial charge in [-0.05, 0) is 30.7 Å². The van der Waals surface area contributed by atoms with Crippen molar-refractivity contribution >= 4 is 11.9 Å². The third-order valence-corrected chi connectivity index (χ3v) is 3.52. The summed E-state index contributed by atoms with van der Waals surface area (Å²) in [7, 11) is 1.60. The van der Waals surface area contributed by atoms with Crippen LogP contribution in [0, 0.1) is 0 Å². The Hall–Kier alpha value is -2.96. The molecule has 1 amide bonds. The average Bonchev–Trinajstić information content (AvgIpc) is 3.06. The van der Waals surface area contributed by atoms with Crippen molar-refractivity contribution in [2.75, 3.05) is 20.3 Å². The van der Waals surface area contributed by atoms with Gasteiger partial charge in [-0.1, -0.05) is 6.92 Å². The molecule has 1 heterocycles. The molecule has 1 aromatic carbocycles. The number of aryl methyl sites for hydroxylation is 1. The molecule has 1 aromatic heterocycles.